The van der Waals surface area contributed by atoms with Gasteiger partial charge >= 0.3 is 0 Å². The molecule has 0 amide bonds. The first-order valence-corrected chi connectivity index (χ1v) is 11.9. The number of benzene rings is 3. The summed E-state index contributed by atoms with van der Waals surface area (Å²) < 4.78 is 29.6. The molecule has 11 heteroatoms. The number of ketones is 1. The first kappa shape index (κ1) is 22.2. The van der Waals surface area contributed by atoms with Gasteiger partial charge in [0.1, 0.15) is 11.5 Å². The number of hydrogen-bond acceptors (Lipinski definition) is 8. The topological polar surface area (TPSA) is 164 Å². The molecule has 0 radical (unpaired) electrons. The predicted octanol–water partition coefficient (Wildman–Crippen LogP) is 2.75. The number of nitrogens with zero attached hydrogens (tertiary/aromatic N) is 3. The number of hydrazine groups is 1. The third kappa shape index (κ3) is 3.59. The van der Waals surface area contributed by atoms with Crippen molar-refractivity contribution in [2.24, 2.45) is 5.84 Å². The number of fused-ring (bicyclic) bond motifs is 1. The van der Waals surface area contributed by atoms with Gasteiger partial charge in [-0.3, -0.25) is 10.6 Å². The summed E-state index contributed by atoms with van der Waals surface area (Å²) in [7, 11) is -4.09. The second kappa shape index (κ2) is 8.31. The second-order valence-corrected chi connectivity index (χ2v) is 9.56. The summed E-state index contributed by atoms with van der Waals surface area (Å²) in [5, 5.41) is 4.84. The number of hydrogen-bond donors (Lipinski definition) is 4. The van der Waals surface area contributed by atoms with Gasteiger partial charge in [0, 0.05) is 5.39 Å². The predicted molar refractivity (Wildman–Crippen MR) is 135 cm³/mol. The molecular weight excluding hydrogens is 466 g/mol. The number of nitrogens with two attached hydrogens (primary N) is 3. The molecule has 2 aromatic heterocycles. The van der Waals surface area contributed by atoms with Crippen molar-refractivity contribution in [2.75, 3.05) is 16.9 Å². The molecule has 0 aliphatic carbocycles. The van der Waals surface area contributed by atoms with E-state index in [1.807, 2.05) is 0 Å². The van der Waals surface area contributed by atoms with Crippen LogP contribution in [0.3, 0.4) is 0 Å². The lowest BCUT2D eigenvalue weighted by molar-refractivity contribution is 0.103. The second-order valence-electron chi connectivity index (χ2n) is 7.77. The van der Waals surface area contributed by atoms with Crippen LogP contribution in [0.1, 0.15) is 16.1 Å². The molecule has 176 valence electrons. The van der Waals surface area contributed by atoms with Crippen molar-refractivity contribution in [1.82, 2.24) is 13.8 Å². The van der Waals surface area contributed by atoms with Crippen LogP contribution in [-0.2, 0) is 10.0 Å². The van der Waals surface area contributed by atoms with Crippen molar-refractivity contribution >= 4 is 43.9 Å². The zero-order valence-corrected chi connectivity index (χ0v) is 19.1. The molecule has 0 saturated carbocycles. The Morgan fingerprint density at radius 2 is 1.63 bits per heavy atom. The number of carbonyl (C=O) groups is 1. The van der Waals surface area contributed by atoms with Crippen LogP contribution in [0.2, 0.25) is 0 Å². The average molecular weight is 488 g/mol. The minimum Gasteiger partial charge on any atom is -0.397 e. The fourth-order valence-corrected chi connectivity index (χ4v) is 5.45. The summed E-state index contributed by atoms with van der Waals surface area (Å²) in [6.45, 7) is 0. The van der Waals surface area contributed by atoms with Gasteiger partial charge in [0.25, 0.3) is 10.0 Å². The fourth-order valence-electron chi connectivity index (χ4n) is 3.92. The summed E-state index contributed by atoms with van der Waals surface area (Å²) in [4.78, 5) is 13.7. The maximum absolute atomic E-state index is 13.7. The molecule has 5 rings (SSSR count). The van der Waals surface area contributed by atoms with Gasteiger partial charge < -0.3 is 16.9 Å². The van der Waals surface area contributed by atoms with E-state index in [0.29, 0.717) is 28.0 Å². The van der Waals surface area contributed by atoms with Gasteiger partial charge in [-0.25, -0.2) is 17.1 Å². The van der Waals surface area contributed by atoms with E-state index in [9.17, 15) is 13.2 Å². The Morgan fingerprint density at radius 1 is 0.914 bits per heavy atom. The number of rotatable bonds is 6. The van der Waals surface area contributed by atoms with Gasteiger partial charge in [0.2, 0.25) is 5.78 Å². The van der Waals surface area contributed by atoms with Crippen molar-refractivity contribution in [2.45, 2.75) is 4.90 Å². The molecule has 5 aromatic rings. The van der Waals surface area contributed by atoms with Crippen molar-refractivity contribution in [3.05, 3.63) is 96.3 Å². The van der Waals surface area contributed by atoms with Crippen LogP contribution >= 0.6 is 0 Å². The van der Waals surface area contributed by atoms with E-state index in [0.717, 1.165) is 3.97 Å². The van der Waals surface area contributed by atoms with Crippen molar-refractivity contribution in [3.8, 4) is 5.69 Å². The smallest absolute Gasteiger partial charge is 0.268 e. The van der Waals surface area contributed by atoms with E-state index in [4.69, 9.17) is 17.3 Å². The molecular formula is C24H21N7O3S. The molecule has 0 saturated heterocycles. The Hall–Kier alpha value is -4.61. The van der Waals surface area contributed by atoms with Crippen LogP contribution in [-0.4, -0.2) is 28.0 Å². The van der Waals surface area contributed by atoms with Gasteiger partial charge in [-0.2, -0.15) is 5.10 Å². The van der Waals surface area contributed by atoms with E-state index < -0.39 is 15.8 Å². The molecule has 0 aliphatic rings. The van der Waals surface area contributed by atoms with Gasteiger partial charge in [-0.15, -0.1) is 0 Å². The highest BCUT2D eigenvalue weighted by Crippen LogP contribution is 2.30. The van der Waals surface area contributed by atoms with Crippen LogP contribution < -0.4 is 22.7 Å². The van der Waals surface area contributed by atoms with E-state index in [-0.39, 0.29) is 22.0 Å². The first-order chi connectivity index (χ1) is 16.8. The lowest BCUT2D eigenvalue weighted by Crippen LogP contribution is -2.19. The Morgan fingerprint density at radius 3 is 2.37 bits per heavy atom. The van der Waals surface area contributed by atoms with Gasteiger partial charge in [0.15, 0.2) is 0 Å². The highest BCUT2D eigenvalue weighted by atomic mass is 32.2. The van der Waals surface area contributed by atoms with Crippen LogP contribution in [0, 0.1) is 0 Å². The molecule has 0 unspecified atom stereocenters. The van der Waals surface area contributed by atoms with E-state index >= 15 is 0 Å². The maximum atomic E-state index is 13.7. The number of nitrogens with one attached hydrogen (secondary N) is 1. The summed E-state index contributed by atoms with van der Waals surface area (Å²) in [5.74, 6) is 4.96. The normalized spacial score (nSPS) is 11.6. The summed E-state index contributed by atoms with van der Waals surface area (Å²) in [5.41, 5.74) is 16.4. The van der Waals surface area contributed by atoms with Gasteiger partial charge in [0.05, 0.1) is 39.2 Å². The van der Waals surface area contributed by atoms with Gasteiger partial charge in [-0.1, -0.05) is 36.4 Å². The minimum atomic E-state index is -4.09. The molecule has 10 nitrogen and oxygen atoms in total. The SMILES string of the molecule is NNc1cc(-n2ncc(C(=O)c3cc4ccccc4n3S(=O)(=O)c3ccccc3)c2N)ccc1N. The number of para-hydroxylation sites is 1. The fraction of sp³-hybridized carbons (Fsp3) is 0. The highest BCUT2D eigenvalue weighted by Gasteiger charge is 2.29. The molecule has 35 heavy (non-hydrogen) atoms. The summed E-state index contributed by atoms with van der Waals surface area (Å²) in [6.07, 6.45) is 1.31. The van der Waals surface area contributed by atoms with Crippen LogP contribution in [0.25, 0.3) is 16.6 Å². The zero-order valence-electron chi connectivity index (χ0n) is 18.3. The Balaban J connectivity index is 1.67. The van der Waals surface area contributed by atoms with E-state index in [1.165, 1.54) is 29.1 Å². The molecule has 0 fully saturated rings. The Bertz CT molecular complexity index is 1690. The molecule has 2 heterocycles. The number of aromatic nitrogens is 3. The summed E-state index contributed by atoms with van der Waals surface area (Å²) >= 11 is 0. The van der Waals surface area contributed by atoms with Crippen LogP contribution in [0.15, 0.2) is 90.0 Å². The van der Waals surface area contributed by atoms with Crippen molar-refractivity contribution in [1.29, 1.82) is 0 Å². The number of carbonyl (C=O) groups excluding carboxylic acids is 1. The molecule has 0 atom stereocenters. The lowest BCUT2D eigenvalue weighted by atomic mass is 10.1. The van der Waals surface area contributed by atoms with Crippen molar-refractivity contribution < 1.29 is 13.2 Å². The third-order valence-corrected chi connectivity index (χ3v) is 7.41. The third-order valence-electron chi connectivity index (χ3n) is 5.67. The standard InChI is InChI=1S/C24H21N7O3S/c25-19-11-10-16(13-20(19)29-27)30-24(26)18(14-28-30)23(32)22-12-15-6-4-5-9-21(15)31(22)35(33,34)17-7-2-1-3-8-17/h1-14,29H,25-27H2. The van der Waals surface area contributed by atoms with Gasteiger partial charge in [-0.05, 0) is 42.5 Å². The largest absolute Gasteiger partial charge is 0.397 e. The highest BCUT2D eigenvalue weighted by molar-refractivity contribution is 7.90. The number of anilines is 3. The van der Waals surface area contributed by atoms with Crippen molar-refractivity contribution in [3.63, 3.8) is 0 Å². The maximum Gasteiger partial charge on any atom is 0.268 e. The Kier molecular flexibility index (Phi) is 5.27. The monoisotopic (exact) mass is 487 g/mol. The molecule has 0 spiro atoms. The minimum absolute atomic E-state index is 0.0386. The average Bonchev–Trinajstić information content (AvgIpc) is 3.46. The first-order valence-electron chi connectivity index (χ1n) is 10.5. The lowest BCUT2D eigenvalue weighted by Gasteiger charge is -2.12. The zero-order chi connectivity index (χ0) is 24.7. The molecule has 0 aliphatic heterocycles. The Labute approximate surface area is 200 Å². The number of nitrogen functional groups attached to an aromatic ring is 3. The van der Waals surface area contributed by atoms with Crippen LogP contribution in [0.5, 0.6) is 0 Å². The molecule has 3 aromatic carbocycles. The van der Waals surface area contributed by atoms with E-state index in [2.05, 4.69) is 10.5 Å². The van der Waals surface area contributed by atoms with E-state index in [1.54, 1.807) is 60.7 Å². The quantitative estimate of drug-likeness (QED) is 0.123. The van der Waals surface area contributed by atoms with Crippen LogP contribution in [0.4, 0.5) is 17.2 Å². The molecule has 7 N–H and O–H groups in total. The summed E-state index contributed by atoms with van der Waals surface area (Å²) in [6, 6.07) is 21.3. The molecule has 0 bridgehead atoms.